The molecule has 0 bridgehead atoms. The average Bonchev–Trinajstić information content (AvgIpc) is 3.04. The summed E-state index contributed by atoms with van der Waals surface area (Å²) >= 11 is 0. The van der Waals surface area contributed by atoms with Gasteiger partial charge in [-0.1, -0.05) is 32.9 Å². The van der Waals surface area contributed by atoms with E-state index in [-0.39, 0.29) is 16.7 Å². The Kier molecular flexibility index (Phi) is 4.65. The number of rotatable bonds is 3. The fourth-order valence-electron chi connectivity index (χ4n) is 3.92. The molecule has 29 heavy (non-hydrogen) atoms. The maximum absolute atomic E-state index is 12.8. The van der Waals surface area contributed by atoms with Gasteiger partial charge in [0.2, 0.25) is 0 Å². The summed E-state index contributed by atoms with van der Waals surface area (Å²) in [7, 11) is 0. The first-order valence-corrected chi connectivity index (χ1v) is 9.80. The molecule has 0 radical (unpaired) electrons. The van der Waals surface area contributed by atoms with Crippen LogP contribution in [0.5, 0.6) is 5.75 Å². The second kappa shape index (κ2) is 7.03. The van der Waals surface area contributed by atoms with Crippen molar-refractivity contribution in [3.05, 3.63) is 69.0 Å². The van der Waals surface area contributed by atoms with E-state index in [0.717, 1.165) is 48.0 Å². The van der Waals surface area contributed by atoms with Crippen molar-refractivity contribution in [2.24, 2.45) is 0 Å². The molecule has 0 spiro atoms. The molecule has 1 heterocycles. The smallest absolute Gasteiger partial charge is 0.350 e. The number of ether oxygens (including phenoxy) is 1. The molecule has 1 aliphatic carbocycles. The Bertz CT molecular complexity index is 1120. The topological polar surface area (TPSA) is 82.6 Å². The highest BCUT2D eigenvalue weighted by atomic mass is 16.6. The van der Waals surface area contributed by atoms with Gasteiger partial charge < -0.3 is 9.15 Å². The van der Waals surface area contributed by atoms with Crippen molar-refractivity contribution in [2.75, 3.05) is 0 Å². The number of hydrogen-bond donors (Lipinski definition) is 0. The molecule has 6 heteroatoms. The van der Waals surface area contributed by atoms with Crippen LogP contribution in [0.15, 0.2) is 40.8 Å². The van der Waals surface area contributed by atoms with E-state index in [2.05, 4.69) is 0 Å². The molecule has 0 unspecified atom stereocenters. The fourth-order valence-corrected chi connectivity index (χ4v) is 3.92. The molecular weight excluding hydrogens is 370 g/mol. The van der Waals surface area contributed by atoms with Crippen LogP contribution in [0.1, 0.15) is 60.9 Å². The number of aryl methyl sites for hydroxylation is 2. The summed E-state index contributed by atoms with van der Waals surface area (Å²) in [6.07, 6.45) is 4.07. The number of carbonyl (C=O) groups is 1. The minimum atomic E-state index is -0.737. The summed E-state index contributed by atoms with van der Waals surface area (Å²) in [5, 5.41) is 12.2. The van der Waals surface area contributed by atoms with Crippen molar-refractivity contribution in [3.8, 4) is 5.75 Å². The molecule has 150 valence electrons. The van der Waals surface area contributed by atoms with Crippen molar-refractivity contribution in [2.45, 2.75) is 51.9 Å². The Hall–Kier alpha value is -3.15. The van der Waals surface area contributed by atoms with Crippen LogP contribution in [-0.4, -0.2) is 10.9 Å². The Balaban J connectivity index is 1.82. The van der Waals surface area contributed by atoms with Crippen LogP contribution in [0.25, 0.3) is 11.0 Å². The monoisotopic (exact) mass is 393 g/mol. The van der Waals surface area contributed by atoms with Gasteiger partial charge in [-0.05, 0) is 42.9 Å². The summed E-state index contributed by atoms with van der Waals surface area (Å²) in [5.74, 6) is 0.690. The first-order chi connectivity index (χ1) is 13.8. The van der Waals surface area contributed by atoms with Crippen molar-refractivity contribution in [1.82, 2.24) is 0 Å². The Morgan fingerprint density at radius 2 is 1.86 bits per heavy atom. The van der Waals surface area contributed by atoms with Gasteiger partial charge in [0.15, 0.2) is 0 Å². The lowest BCUT2D eigenvalue weighted by Crippen LogP contribution is -2.17. The van der Waals surface area contributed by atoms with E-state index >= 15 is 0 Å². The highest BCUT2D eigenvalue weighted by Gasteiger charge is 2.27. The second-order valence-electron chi connectivity index (χ2n) is 8.47. The molecule has 3 aromatic rings. The van der Waals surface area contributed by atoms with E-state index in [0.29, 0.717) is 5.75 Å². The number of hydrogen-bond acceptors (Lipinski definition) is 5. The van der Waals surface area contributed by atoms with E-state index in [4.69, 9.17) is 9.15 Å². The molecule has 0 fully saturated rings. The number of nitro groups is 1. The molecule has 1 aromatic heterocycles. The largest absolute Gasteiger partial charge is 0.461 e. The van der Waals surface area contributed by atoms with Crippen LogP contribution >= 0.6 is 0 Å². The number of carbonyl (C=O) groups excluding carboxylic acids is 1. The van der Waals surface area contributed by atoms with Gasteiger partial charge in [0, 0.05) is 29.0 Å². The Labute approximate surface area is 168 Å². The molecule has 0 saturated heterocycles. The van der Waals surface area contributed by atoms with Crippen LogP contribution in [0.3, 0.4) is 0 Å². The number of nitro benzene ring substituents is 1. The molecular formula is C23H23NO5. The Morgan fingerprint density at radius 1 is 1.14 bits per heavy atom. The normalized spacial score (nSPS) is 13.9. The van der Waals surface area contributed by atoms with Crippen LogP contribution in [0.4, 0.5) is 5.69 Å². The molecule has 0 saturated carbocycles. The van der Waals surface area contributed by atoms with Gasteiger partial charge in [0.25, 0.3) is 5.69 Å². The predicted molar refractivity (Wildman–Crippen MR) is 110 cm³/mol. The van der Waals surface area contributed by atoms with Crippen molar-refractivity contribution < 1.29 is 18.9 Å². The highest BCUT2D eigenvalue weighted by molar-refractivity contribution is 5.96. The Morgan fingerprint density at radius 3 is 2.59 bits per heavy atom. The van der Waals surface area contributed by atoms with E-state index in [1.165, 1.54) is 23.8 Å². The van der Waals surface area contributed by atoms with Crippen LogP contribution in [-0.2, 0) is 18.3 Å². The third-order valence-corrected chi connectivity index (χ3v) is 5.39. The zero-order chi connectivity index (χ0) is 20.8. The number of fused-ring (bicyclic) bond motifs is 3. The lowest BCUT2D eigenvalue weighted by atomic mass is 9.85. The molecule has 0 atom stereocenters. The van der Waals surface area contributed by atoms with E-state index in [1.807, 2.05) is 32.9 Å². The first-order valence-electron chi connectivity index (χ1n) is 9.80. The lowest BCUT2D eigenvalue weighted by Gasteiger charge is -2.22. The van der Waals surface area contributed by atoms with E-state index in [1.54, 1.807) is 6.07 Å². The molecule has 1 aliphatic rings. The minimum absolute atomic E-state index is 0.0633. The third-order valence-electron chi connectivity index (χ3n) is 5.39. The van der Waals surface area contributed by atoms with E-state index < -0.39 is 10.9 Å². The minimum Gasteiger partial charge on any atom is -0.461 e. The van der Waals surface area contributed by atoms with Gasteiger partial charge in [-0.2, -0.15) is 0 Å². The van der Waals surface area contributed by atoms with Crippen molar-refractivity contribution in [3.63, 3.8) is 0 Å². The fraction of sp³-hybridized carbons (Fsp3) is 0.348. The van der Waals surface area contributed by atoms with Gasteiger partial charge in [0.1, 0.15) is 22.7 Å². The standard InChI is InChI=1S/C23H23NO5/c1-23(2,3)17-13-20-16(14-8-5-7-11-19(14)28-20)12-21(17)29-22(25)15-9-4-6-10-18(15)24(26)27/h4,6,9-10,12-13H,5,7-8,11H2,1-3H3. The summed E-state index contributed by atoms with van der Waals surface area (Å²) < 4.78 is 11.8. The summed E-state index contributed by atoms with van der Waals surface area (Å²) in [4.78, 5) is 23.5. The number of nitrogens with zero attached hydrogens (tertiary/aromatic N) is 1. The maximum Gasteiger partial charge on any atom is 0.350 e. The van der Waals surface area contributed by atoms with Crippen LogP contribution in [0, 0.1) is 10.1 Å². The molecule has 2 aromatic carbocycles. The quantitative estimate of drug-likeness (QED) is 0.245. The van der Waals surface area contributed by atoms with Crippen LogP contribution in [0.2, 0.25) is 0 Å². The van der Waals surface area contributed by atoms with Gasteiger partial charge in [-0.15, -0.1) is 0 Å². The number of esters is 1. The zero-order valence-electron chi connectivity index (χ0n) is 16.8. The molecule has 0 N–H and O–H groups in total. The summed E-state index contributed by atoms with van der Waals surface area (Å²) in [5.41, 5.74) is 2.16. The summed E-state index contributed by atoms with van der Waals surface area (Å²) in [6.45, 7) is 6.08. The maximum atomic E-state index is 12.8. The number of benzene rings is 2. The zero-order valence-corrected chi connectivity index (χ0v) is 16.8. The molecule has 0 amide bonds. The predicted octanol–water partition coefficient (Wildman–Crippen LogP) is 5.74. The number of para-hydroxylation sites is 1. The van der Waals surface area contributed by atoms with Gasteiger partial charge >= 0.3 is 5.97 Å². The van der Waals surface area contributed by atoms with Gasteiger partial charge in [-0.3, -0.25) is 10.1 Å². The van der Waals surface area contributed by atoms with Gasteiger partial charge in [0.05, 0.1) is 4.92 Å². The molecule has 6 nitrogen and oxygen atoms in total. The average molecular weight is 393 g/mol. The highest BCUT2D eigenvalue weighted by Crippen LogP contribution is 2.40. The molecule has 0 aliphatic heterocycles. The SMILES string of the molecule is CC(C)(C)c1cc2oc3c(c2cc1OC(=O)c1ccccc1[N+](=O)[O-])CCCC3. The van der Waals surface area contributed by atoms with Gasteiger partial charge in [-0.25, -0.2) is 4.79 Å². The van der Waals surface area contributed by atoms with Crippen molar-refractivity contribution in [1.29, 1.82) is 0 Å². The first kappa shape index (κ1) is 19.2. The summed E-state index contributed by atoms with van der Waals surface area (Å²) in [6, 6.07) is 9.63. The third kappa shape index (κ3) is 3.50. The number of furan rings is 1. The van der Waals surface area contributed by atoms with Crippen LogP contribution < -0.4 is 4.74 Å². The second-order valence-corrected chi connectivity index (χ2v) is 8.47. The lowest BCUT2D eigenvalue weighted by molar-refractivity contribution is -0.385. The van der Waals surface area contributed by atoms with Crippen molar-refractivity contribution >= 4 is 22.6 Å². The molecule has 4 rings (SSSR count). The van der Waals surface area contributed by atoms with E-state index in [9.17, 15) is 14.9 Å².